The molecule has 24 heavy (non-hydrogen) atoms. The molecular weight excluding hydrogens is 308 g/mol. The van der Waals surface area contributed by atoms with E-state index in [1.165, 1.54) is 12.1 Å². The Labute approximate surface area is 140 Å². The lowest BCUT2D eigenvalue weighted by atomic mass is 10.2. The molecule has 0 bridgehead atoms. The molecule has 2 rings (SSSR count). The number of rotatable bonds is 7. The highest BCUT2D eigenvalue weighted by atomic mass is 16.5. The molecule has 0 aliphatic rings. The first-order valence-electron chi connectivity index (χ1n) is 7.58. The van der Waals surface area contributed by atoms with Gasteiger partial charge < -0.3 is 20.5 Å². The number of hydrogen-bond acceptors (Lipinski definition) is 4. The van der Waals surface area contributed by atoms with Crippen molar-refractivity contribution in [2.24, 2.45) is 0 Å². The summed E-state index contributed by atoms with van der Waals surface area (Å²) in [5.74, 6) is 0.0929. The number of benzene rings is 2. The van der Waals surface area contributed by atoms with Crippen molar-refractivity contribution in [1.82, 2.24) is 10.6 Å². The second-order valence-electron chi connectivity index (χ2n) is 5.26. The van der Waals surface area contributed by atoms with Gasteiger partial charge in [0, 0.05) is 18.7 Å². The predicted molar refractivity (Wildman–Crippen MR) is 90.1 cm³/mol. The van der Waals surface area contributed by atoms with Gasteiger partial charge in [-0.05, 0) is 37.3 Å². The number of carbonyl (C=O) groups excluding carboxylic acids is 2. The van der Waals surface area contributed by atoms with E-state index in [0.717, 1.165) is 5.56 Å². The summed E-state index contributed by atoms with van der Waals surface area (Å²) in [5, 5.41) is 14.6. The van der Waals surface area contributed by atoms with Gasteiger partial charge in [-0.15, -0.1) is 0 Å². The first-order chi connectivity index (χ1) is 11.5. The van der Waals surface area contributed by atoms with Gasteiger partial charge in [0.1, 0.15) is 11.5 Å². The van der Waals surface area contributed by atoms with Crippen molar-refractivity contribution in [3.63, 3.8) is 0 Å². The van der Waals surface area contributed by atoms with Crippen LogP contribution in [0.25, 0.3) is 0 Å². The summed E-state index contributed by atoms with van der Waals surface area (Å²) in [6.45, 7) is 2.47. The molecule has 0 saturated carbocycles. The van der Waals surface area contributed by atoms with Crippen LogP contribution < -0.4 is 15.4 Å². The number of aryl methyl sites for hydroxylation is 1. The van der Waals surface area contributed by atoms with E-state index in [-0.39, 0.29) is 30.7 Å². The zero-order valence-electron chi connectivity index (χ0n) is 13.4. The SMILES string of the molecule is Cc1ccc(OCC(=O)NCCNC(=O)c2cccc(O)c2)cc1. The summed E-state index contributed by atoms with van der Waals surface area (Å²) in [7, 11) is 0. The Morgan fingerprint density at radius 2 is 1.75 bits per heavy atom. The molecule has 0 aliphatic carbocycles. The lowest BCUT2D eigenvalue weighted by molar-refractivity contribution is -0.123. The Balaban J connectivity index is 1.64. The molecule has 2 aromatic carbocycles. The van der Waals surface area contributed by atoms with Gasteiger partial charge in [0.15, 0.2) is 6.61 Å². The quantitative estimate of drug-likeness (QED) is 0.674. The highest BCUT2D eigenvalue weighted by Gasteiger charge is 2.06. The van der Waals surface area contributed by atoms with E-state index in [4.69, 9.17) is 4.74 Å². The van der Waals surface area contributed by atoms with Crippen LogP contribution in [-0.2, 0) is 4.79 Å². The highest BCUT2D eigenvalue weighted by molar-refractivity contribution is 5.94. The smallest absolute Gasteiger partial charge is 0.258 e. The normalized spacial score (nSPS) is 10.0. The predicted octanol–water partition coefficient (Wildman–Crippen LogP) is 1.63. The van der Waals surface area contributed by atoms with Crippen LogP contribution >= 0.6 is 0 Å². The molecule has 0 fully saturated rings. The van der Waals surface area contributed by atoms with Crippen LogP contribution in [0.3, 0.4) is 0 Å². The Hall–Kier alpha value is -3.02. The second kappa shape index (κ2) is 8.57. The fourth-order valence-electron chi connectivity index (χ4n) is 1.96. The van der Waals surface area contributed by atoms with Crippen molar-refractivity contribution < 1.29 is 19.4 Å². The van der Waals surface area contributed by atoms with Crippen molar-refractivity contribution in [3.8, 4) is 11.5 Å². The first kappa shape index (κ1) is 17.3. The van der Waals surface area contributed by atoms with Crippen molar-refractivity contribution >= 4 is 11.8 Å². The topological polar surface area (TPSA) is 87.7 Å². The molecule has 2 aromatic rings. The minimum absolute atomic E-state index is 0.0317. The van der Waals surface area contributed by atoms with E-state index in [1.807, 2.05) is 19.1 Å². The van der Waals surface area contributed by atoms with Gasteiger partial charge in [0.05, 0.1) is 0 Å². The van der Waals surface area contributed by atoms with Crippen molar-refractivity contribution in [1.29, 1.82) is 0 Å². The van der Waals surface area contributed by atoms with Gasteiger partial charge in [-0.3, -0.25) is 9.59 Å². The van der Waals surface area contributed by atoms with E-state index in [9.17, 15) is 14.7 Å². The first-order valence-corrected chi connectivity index (χ1v) is 7.58. The monoisotopic (exact) mass is 328 g/mol. The third kappa shape index (κ3) is 5.64. The van der Waals surface area contributed by atoms with E-state index in [0.29, 0.717) is 17.9 Å². The highest BCUT2D eigenvalue weighted by Crippen LogP contribution is 2.11. The maximum atomic E-state index is 11.8. The maximum Gasteiger partial charge on any atom is 0.258 e. The molecule has 0 aromatic heterocycles. The zero-order valence-corrected chi connectivity index (χ0v) is 13.4. The number of phenolic OH excluding ortho intramolecular Hbond substituents is 1. The molecule has 6 heteroatoms. The molecule has 2 amide bonds. The molecule has 0 unspecified atom stereocenters. The van der Waals surface area contributed by atoms with Crippen LogP contribution in [0.4, 0.5) is 0 Å². The number of aromatic hydroxyl groups is 1. The summed E-state index contributed by atoms with van der Waals surface area (Å²) in [6.07, 6.45) is 0. The number of amides is 2. The minimum Gasteiger partial charge on any atom is -0.508 e. The molecule has 0 saturated heterocycles. The number of ether oxygens (including phenoxy) is 1. The average Bonchev–Trinajstić information content (AvgIpc) is 2.58. The number of nitrogens with one attached hydrogen (secondary N) is 2. The molecule has 0 heterocycles. The Morgan fingerprint density at radius 3 is 2.46 bits per heavy atom. The molecular formula is C18H20N2O4. The van der Waals surface area contributed by atoms with Crippen molar-refractivity contribution in [3.05, 3.63) is 59.7 Å². The summed E-state index contributed by atoms with van der Waals surface area (Å²) in [6, 6.07) is 13.5. The van der Waals surface area contributed by atoms with Crippen LogP contribution in [0.2, 0.25) is 0 Å². The van der Waals surface area contributed by atoms with Crippen LogP contribution in [-0.4, -0.2) is 36.6 Å². The fourth-order valence-corrected chi connectivity index (χ4v) is 1.96. The average molecular weight is 328 g/mol. The Bertz CT molecular complexity index is 698. The Kier molecular flexibility index (Phi) is 6.19. The number of hydrogen-bond donors (Lipinski definition) is 3. The van der Waals surface area contributed by atoms with Crippen LogP contribution in [0.5, 0.6) is 11.5 Å². The van der Waals surface area contributed by atoms with E-state index < -0.39 is 0 Å². The number of phenols is 1. The fraction of sp³-hybridized carbons (Fsp3) is 0.222. The molecule has 3 N–H and O–H groups in total. The van der Waals surface area contributed by atoms with Crippen LogP contribution in [0.15, 0.2) is 48.5 Å². The summed E-state index contributed by atoms with van der Waals surface area (Å²) in [5.41, 5.74) is 1.48. The molecule has 126 valence electrons. The summed E-state index contributed by atoms with van der Waals surface area (Å²) in [4.78, 5) is 23.5. The van der Waals surface area contributed by atoms with Gasteiger partial charge in [-0.2, -0.15) is 0 Å². The van der Waals surface area contributed by atoms with Gasteiger partial charge in [0.2, 0.25) is 0 Å². The molecule has 0 aliphatic heterocycles. The second-order valence-corrected chi connectivity index (χ2v) is 5.26. The maximum absolute atomic E-state index is 11.8. The van der Waals surface area contributed by atoms with E-state index >= 15 is 0 Å². The lowest BCUT2D eigenvalue weighted by Crippen LogP contribution is -2.36. The van der Waals surface area contributed by atoms with Gasteiger partial charge in [-0.25, -0.2) is 0 Å². The van der Waals surface area contributed by atoms with E-state index in [2.05, 4.69) is 10.6 Å². The van der Waals surface area contributed by atoms with Gasteiger partial charge in [-0.1, -0.05) is 23.8 Å². The largest absolute Gasteiger partial charge is 0.508 e. The van der Waals surface area contributed by atoms with E-state index in [1.54, 1.807) is 24.3 Å². The molecule has 0 atom stereocenters. The zero-order chi connectivity index (χ0) is 17.4. The third-order valence-corrected chi connectivity index (χ3v) is 3.23. The van der Waals surface area contributed by atoms with Crippen molar-refractivity contribution in [2.75, 3.05) is 19.7 Å². The van der Waals surface area contributed by atoms with Crippen molar-refractivity contribution in [2.45, 2.75) is 6.92 Å². The number of carbonyl (C=O) groups is 2. The minimum atomic E-state index is -0.309. The Morgan fingerprint density at radius 1 is 1.04 bits per heavy atom. The van der Waals surface area contributed by atoms with Crippen LogP contribution in [0, 0.1) is 6.92 Å². The molecule has 6 nitrogen and oxygen atoms in total. The van der Waals surface area contributed by atoms with Crippen LogP contribution in [0.1, 0.15) is 15.9 Å². The summed E-state index contributed by atoms with van der Waals surface area (Å²) >= 11 is 0. The molecule has 0 radical (unpaired) electrons. The summed E-state index contributed by atoms with van der Waals surface area (Å²) < 4.78 is 5.36. The standard InChI is InChI=1S/C18H20N2O4/c1-13-5-7-16(8-6-13)24-12-17(22)19-9-10-20-18(23)14-3-2-4-15(21)11-14/h2-8,11,21H,9-10,12H2,1H3,(H,19,22)(H,20,23). The van der Waals surface area contributed by atoms with Gasteiger partial charge >= 0.3 is 0 Å². The van der Waals surface area contributed by atoms with Gasteiger partial charge in [0.25, 0.3) is 11.8 Å². The molecule has 0 spiro atoms. The third-order valence-electron chi connectivity index (χ3n) is 3.23. The lowest BCUT2D eigenvalue weighted by Gasteiger charge is -2.09.